The van der Waals surface area contributed by atoms with Crippen molar-refractivity contribution in [1.29, 1.82) is 0 Å². The molecule has 22 heavy (non-hydrogen) atoms. The summed E-state index contributed by atoms with van der Waals surface area (Å²) in [6, 6.07) is 1.81. The van der Waals surface area contributed by atoms with Crippen LogP contribution in [0.15, 0.2) is 6.07 Å². The number of hydrogen-bond donors (Lipinski definition) is 2. The van der Waals surface area contributed by atoms with Gasteiger partial charge in [0.05, 0.1) is 0 Å². The van der Waals surface area contributed by atoms with Gasteiger partial charge in [0.25, 0.3) is 0 Å². The van der Waals surface area contributed by atoms with Crippen molar-refractivity contribution in [1.82, 2.24) is 15.3 Å². The maximum Gasteiger partial charge on any atom is 0.232 e. The van der Waals surface area contributed by atoms with E-state index in [9.17, 15) is 0 Å². The molecule has 2 heterocycles. The molecule has 0 amide bonds. The van der Waals surface area contributed by atoms with E-state index in [1.54, 1.807) is 0 Å². The van der Waals surface area contributed by atoms with Crippen LogP contribution in [0, 0.1) is 11.8 Å². The number of nitrogens with zero attached hydrogens (tertiary/aromatic N) is 3. The lowest BCUT2D eigenvalue weighted by molar-refractivity contribution is 0.436. The van der Waals surface area contributed by atoms with Gasteiger partial charge < -0.3 is 15.5 Å². The van der Waals surface area contributed by atoms with E-state index in [0.717, 1.165) is 31.4 Å². The van der Waals surface area contributed by atoms with E-state index in [4.69, 9.17) is 23.8 Å². The van der Waals surface area contributed by atoms with Crippen LogP contribution in [0.2, 0.25) is 5.15 Å². The second kappa shape index (κ2) is 7.92. The summed E-state index contributed by atoms with van der Waals surface area (Å²) in [6.07, 6.45) is 2.36. The SMILES string of the molecule is CC(C)CNC(=S)Nc1nc(Cl)cc(N2CCC(C)CC2)n1. The Kier molecular flexibility index (Phi) is 6.20. The molecule has 1 aromatic rings. The highest BCUT2D eigenvalue weighted by atomic mass is 35.5. The Morgan fingerprint density at radius 1 is 1.41 bits per heavy atom. The molecular formula is C15H24ClN5S. The molecule has 0 bridgehead atoms. The van der Waals surface area contributed by atoms with E-state index in [-0.39, 0.29) is 0 Å². The quantitative estimate of drug-likeness (QED) is 0.647. The van der Waals surface area contributed by atoms with Gasteiger partial charge in [-0.3, -0.25) is 0 Å². The zero-order chi connectivity index (χ0) is 16.1. The number of thiocarbonyl (C=S) groups is 1. The maximum absolute atomic E-state index is 6.13. The van der Waals surface area contributed by atoms with Gasteiger partial charge in [-0.1, -0.05) is 32.4 Å². The minimum atomic E-state index is 0.429. The van der Waals surface area contributed by atoms with Crippen LogP contribution in [-0.2, 0) is 0 Å². The molecule has 0 aromatic carbocycles. The minimum absolute atomic E-state index is 0.429. The molecule has 0 unspecified atom stereocenters. The standard InChI is InChI=1S/C15H24ClN5S/c1-10(2)9-17-15(22)20-14-18-12(16)8-13(19-14)21-6-4-11(3)5-7-21/h8,10-11H,4-7,9H2,1-3H3,(H2,17,18,19,20,22). The first-order valence-corrected chi connectivity index (χ1v) is 8.57. The summed E-state index contributed by atoms with van der Waals surface area (Å²) < 4.78 is 0. The van der Waals surface area contributed by atoms with Crippen LogP contribution in [0.1, 0.15) is 33.6 Å². The fourth-order valence-corrected chi connectivity index (χ4v) is 2.66. The van der Waals surface area contributed by atoms with Crippen molar-refractivity contribution in [3.05, 3.63) is 11.2 Å². The lowest BCUT2D eigenvalue weighted by Crippen LogP contribution is -2.34. The Balaban J connectivity index is 2.02. The van der Waals surface area contributed by atoms with E-state index < -0.39 is 0 Å². The van der Waals surface area contributed by atoms with Gasteiger partial charge in [-0.25, -0.2) is 4.98 Å². The number of hydrogen-bond acceptors (Lipinski definition) is 4. The average molecular weight is 342 g/mol. The van der Waals surface area contributed by atoms with Crippen LogP contribution < -0.4 is 15.5 Å². The van der Waals surface area contributed by atoms with Gasteiger partial charge in [0.15, 0.2) is 5.11 Å². The Labute approximate surface area is 142 Å². The largest absolute Gasteiger partial charge is 0.362 e. The van der Waals surface area contributed by atoms with Crippen LogP contribution in [0.25, 0.3) is 0 Å². The molecule has 122 valence electrons. The van der Waals surface area contributed by atoms with Crippen molar-refractivity contribution < 1.29 is 0 Å². The lowest BCUT2D eigenvalue weighted by Gasteiger charge is -2.31. The smallest absolute Gasteiger partial charge is 0.232 e. The van der Waals surface area contributed by atoms with Gasteiger partial charge in [-0.05, 0) is 36.9 Å². The van der Waals surface area contributed by atoms with Crippen LogP contribution in [0.3, 0.4) is 0 Å². The second-order valence-corrected chi connectivity index (χ2v) is 7.07. The molecule has 1 fully saturated rings. The van der Waals surface area contributed by atoms with Gasteiger partial charge in [0.1, 0.15) is 11.0 Å². The zero-order valence-corrected chi connectivity index (χ0v) is 15.0. The predicted octanol–water partition coefficient (Wildman–Crippen LogP) is 3.31. The van der Waals surface area contributed by atoms with Crippen molar-refractivity contribution in [2.45, 2.75) is 33.6 Å². The number of aromatic nitrogens is 2. The Hall–Kier alpha value is -1.14. The highest BCUT2D eigenvalue weighted by molar-refractivity contribution is 7.80. The Morgan fingerprint density at radius 2 is 2.09 bits per heavy atom. The molecule has 0 spiro atoms. The third-order valence-corrected chi connectivity index (χ3v) is 4.13. The van der Waals surface area contributed by atoms with Gasteiger partial charge in [0, 0.05) is 25.7 Å². The van der Waals surface area contributed by atoms with Crippen molar-refractivity contribution in [2.75, 3.05) is 29.9 Å². The number of halogens is 1. The van der Waals surface area contributed by atoms with Crippen LogP contribution in [0.4, 0.5) is 11.8 Å². The highest BCUT2D eigenvalue weighted by Gasteiger charge is 2.18. The molecule has 0 aliphatic carbocycles. The molecule has 5 nitrogen and oxygen atoms in total. The maximum atomic E-state index is 6.13. The molecular weight excluding hydrogens is 318 g/mol. The summed E-state index contributed by atoms with van der Waals surface area (Å²) in [5, 5.41) is 7.10. The first kappa shape index (κ1) is 17.2. The monoisotopic (exact) mass is 341 g/mol. The first-order valence-electron chi connectivity index (χ1n) is 7.78. The summed E-state index contributed by atoms with van der Waals surface area (Å²) in [5.74, 6) is 2.60. The molecule has 1 aliphatic rings. The molecule has 1 aromatic heterocycles. The third-order valence-electron chi connectivity index (χ3n) is 3.69. The molecule has 2 N–H and O–H groups in total. The van der Waals surface area contributed by atoms with E-state index in [2.05, 4.69) is 46.3 Å². The fraction of sp³-hybridized carbons (Fsp3) is 0.667. The summed E-state index contributed by atoms with van der Waals surface area (Å²) in [6.45, 7) is 9.36. The van der Waals surface area contributed by atoms with E-state index in [1.807, 2.05) is 6.07 Å². The first-order chi connectivity index (χ1) is 10.4. The zero-order valence-electron chi connectivity index (χ0n) is 13.4. The van der Waals surface area contributed by atoms with Crippen LogP contribution in [0.5, 0.6) is 0 Å². The van der Waals surface area contributed by atoms with E-state index >= 15 is 0 Å². The molecule has 1 aliphatic heterocycles. The summed E-state index contributed by atoms with van der Waals surface area (Å²) >= 11 is 11.4. The molecule has 7 heteroatoms. The second-order valence-electron chi connectivity index (χ2n) is 6.27. The van der Waals surface area contributed by atoms with Gasteiger partial charge in [0.2, 0.25) is 5.95 Å². The molecule has 1 saturated heterocycles. The predicted molar refractivity (Wildman–Crippen MR) is 96.7 cm³/mol. The third kappa shape index (κ3) is 5.25. The summed E-state index contributed by atoms with van der Waals surface area (Å²) in [4.78, 5) is 11.0. The Bertz CT molecular complexity index is 515. The van der Waals surface area contributed by atoms with E-state index in [0.29, 0.717) is 22.1 Å². The fourth-order valence-electron chi connectivity index (χ4n) is 2.30. The van der Waals surface area contributed by atoms with Crippen molar-refractivity contribution in [2.24, 2.45) is 11.8 Å². The lowest BCUT2D eigenvalue weighted by atomic mass is 9.99. The molecule has 0 radical (unpaired) electrons. The summed E-state index contributed by atoms with van der Waals surface area (Å²) in [5.41, 5.74) is 0. The molecule has 0 atom stereocenters. The minimum Gasteiger partial charge on any atom is -0.362 e. The van der Waals surface area contributed by atoms with Gasteiger partial charge >= 0.3 is 0 Å². The molecule has 0 saturated carbocycles. The van der Waals surface area contributed by atoms with Gasteiger partial charge in [-0.15, -0.1) is 0 Å². The number of piperidine rings is 1. The van der Waals surface area contributed by atoms with Gasteiger partial charge in [-0.2, -0.15) is 4.98 Å². The van der Waals surface area contributed by atoms with Crippen molar-refractivity contribution in [3.63, 3.8) is 0 Å². The summed E-state index contributed by atoms with van der Waals surface area (Å²) in [7, 11) is 0. The normalized spacial score (nSPS) is 16.0. The average Bonchev–Trinajstić information content (AvgIpc) is 2.45. The Morgan fingerprint density at radius 3 is 2.73 bits per heavy atom. The topological polar surface area (TPSA) is 53.1 Å². The van der Waals surface area contributed by atoms with Crippen LogP contribution in [-0.4, -0.2) is 34.7 Å². The number of nitrogens with one attached hydrogen (secondary N) is 2. The van der Waals surface area contributed by atoms with E-state index in [1.165, 1.54) is 12.8 Å². The number of rotatable bonds is 4. The van der Waals surface area contributed by atoms with Crippen molar-refractivity contribution in [3.8, 4) is 0 Å². The van der Waals surface area contributed by atoms with Crippen molar-refractivity contribution >= 4 is 40.7 Å². The molecule has 2 rings (SSSR count). The number of anilines is 2. The highest BCUT2D eigenvalue weighted by Crippen LogP contribution is 2.24. The van der Waals surface area contributed by atoms with Crippen LogP contribution >= 0.6 is 23.8 Å².